The van der Waals surface area contributed by atoms with Gasteiger partial charge in [0.05, 0.1) is 0 Å². The van der Waals surface area contributed by atoms with Gasteiger partial charge in [-0.1, -0.05) is 92.4 Å². The topological polar surface area (TPSA) is 35.7 Å². The van der Waals surface area contributed by atoms with E-state index in [-0.39, 0.29) is 0 Å². The Morgan fingerprint density at radius 1 is 0.462 bits per heavy atom. The number of hydrogen-bond acceptors (Lipinski definition) is 4. The van der Waals surface area contributed by atoms with Gasteiger partial charge in [-0.2, -0.15) is 0 Å². The molecule has 0 aliphatic rings. The van der Waals surface area contributed by atoms with Gasteiger partial charge in [-0.25, -0.2) is 0 Å². The van der Waals surface area contributed by atoms with Crippen LogP contribution in [-0.2, 0) is 6.42 Å². The largest absolute Gasteiger partial charge is 0.371 e. The molecule has 0 heterocycles. The molecule has 0 unspecified atom stereocenters. The van der Waals surface area contributed by atoms with Crippen LogP contribution in [0.25, 0.3) is 0 Å². The summed E-state index contributed by atoms with van der Waals surface area (Å²) in [5.74, 6) is 0. The van der Waals surface area contributed by atoms with Gasteiger partial charge in [0, 0.05) is 44.1 Å². The highest BCUT2D eigenvalue weighted by molar-refractivity contribution is 5.46. The normalized spacial score (nSPS) is 11.2. The Bertz CT molecular complexity index is 964. The Balaban J connectivity index is 1.31. The zero-order valence-corrected chi connectivity index (χ0v) is 24.4. The van der Waals surface area contributed by atoms with E-state index in [0.29, 0.717) is 0 Å². The van der Waals surface area contributed by atoms with Crippen LogP contribution in [0.2, 0.25) is 0 Å². The van der Waals surface area contributed by atoms with Crippen molar-refractivity contribution >= 4 is 11.4 Å². The highest BCUT2D eigenvalue weighted by Crippen LogP contribution is 2.17. The Labute approximate surface area is 238 Å². The summed E-state index contributed by atoms with van der Waals surface area (Å²) in [4.78, 5) is 7.58. The number of para-hydroxylation sites is 2. The summed E-state index contributed by atoms with van der Waals surface area (Å²) in [6.45, 7) is 7.47. The molecule has 0 aliphatic heterocycles. The smallest absolute Gasteiger partial charge is 0.0366 e. The summed E-state index contributed by atoms with van der Waals surface area (Å²) in [5, 5.41) is 0. The van der Waals surface area contributed by atoms with Crippen molar-refractivity contribution < 1.29 is 0 Å². The first kappa shape index (κ1) is 30.7. The van der Waals surface area contributed by atoms with Crippen molar-refractivity contribution in [3.05, 3.63) is 96.6 Å². The van der Waals surface area contributed by atoms with Gasteiger partial charge >= 0.3 is 0 Å². The minimum absolute atomic E-state index is 0.758. The molecule has 0 saturated heterocycles. The van der Waals surface area contributed by atoms with Crippen LogP contribution in [0.15, 0.2) is 91.0 Å². The lowest BCUT2D eigenvalue weighted by atomic mass is 10.1. The number of nitrogens with two attached hydrogens (primary N) is 1. The van der Waals surface area contributed by atoms with Gasteiger partial charge in [0.15, 0.2) is 0 Å². The predicted octanol–water partition coefficient (Wildman–Crippen LogP) is 7.25. The molecule has 212 valence electrons. The molecule has 0 saturated carbocycles. The van der Waals surface area contributed by atoms with Crippen molar-refractivity contribution in [3.8, 4) is 0 Å². The second kappa shape index (κ2) is 19.3. The van der Waals surface area contributed by atoms with Crippen LogP contribution in [0.4, 0.5) is 11.4 Å². The molecule has 0 radical (unpaired) electrons. The SMILES string of the molecule is CN(CCCN(CCCCCCCCN(CCCN)c1ccccc1)c1ccccc1)CCc1ccccc1. The quantitative estimate of drug-likeness (QED) is 0.148. The van der Waals surface area contributed by atoms with Gasteiger partial charge in [0.1, 0.15) is 0 Å². The summed E-state index contributed by atoms with van der Waals surface area (Å²) < 4.78 is 0. The number of likely N-dealkylation sites (N-methyl/N-ethyl adjacent to an activating group) is 1. The summed E-state index contributed by atoms with van der Waals surface area (Å²) in [7, 11) is 2.26. The molecule has 2 N–H and O–H groups in total. The lowest BCUT2D eigenvalue weighted by Gasteiger charge is -2.26. The molecule has 3 aromatic carbocycles. The average Bonchev–Trinajstić information content (AvgIpc) is 2.99. The van der Waals surface area contributed by atoms with E-state index in [0.717, 1.165) is 58.7 Å². The molecule has 39 heavy (non-hydrogen) atoms. The summed E-state index contributed by atoms with van der Waals surface area (Å²) in [6.07, 6.45) is 11.2. The van der Waals surface area contributed by atoms with Gasteiger partial charge in [-0.3, -0.25) is 0 Å². The van der Waals surface area contributed by atoms with Crippen LogP contribution in [0, 0.1) is 0 Å². The molecule has 4 heteroatoms. The Morgan fingerprint density at radius 3 is 1.41 bits per heavy atom. The minimum atomic E-state index is 0.758. The van der Waals surface area contributed by atoms with Crippen LogP contribution in [0.1, 0.15) is 56.9 Å². The highest BCUT2D eigenvalue weighted by atomic mass is 15.1. The summed E-state index contributed by atoms with van der Waals surface area (Å²) >= 11 is 0. The maximum Gasteiger partial charge on any atom is 0.0366 e. The third-order valence-electron chi connectivity index (χ3n) is 7.57. The second-order valence-corrected chi connectivity index (χ2v) is 10.8. The maximum atomic E-state index is 5.78. The Morgan fingerprint density at radius 2 is 0.897 bits per heavy atom. The molecule has 0 amide bonds. The first-order valence-electron chi connectivity index (χ1n) is 15.3. The maximum absolute atomic E-state index is 5.78. The van der Waals surface area contributed by atoms with E-state index < -0.39 is 0 Å². The molecule has 3 rings (SSSR count). The fourth-order valence-electron chi connectivity index (χ4n) is 5.22. The van der Waals surface area contributed by atoms with E-state index in [2.05, 4.69) is 113 Å². The van der Waals surface area contributed by atoms with E-state index in [9.17, 15) is 0 Å². The number of rotatable bonds is 21. The standard InChI is InChI=1S/C35H52N4/c1-37(32-25-33-19-9-6-10-20-33)27-18-31-39(35-23-13-8-14-24-35)29-16-5-3-2-4-15-28-38(30-17-26-36)34-21-11-7-12-22-34/h6-14,19-24H,2-5,15-18,25-32,36H2,1H3. The third kappa shape index (κ3) is 12.7. The number of anilines is 2. The fourth-order valence-corrected chi connectivity index (χ4v) is 5.22. The van der Waals surface area contributed by atoms with E-state index in [1.807, 2.05) is 0 Å². The van der Waals surface area contributed by atoms with Crippen molar-refractivity contribution in [2.75, 3.05) is 62.7 Å². The van der Waals surface area contributed by atoms with Crippen molar-refractivity contribution in [3.63, 3.8) is 0 Å². The molecule has 0 fully saturated rings. The van der Waals surface area contributed by atoms with Crippen LogP contribution in [0.5, 0.6) is 0 Å². The lowest BCUT2D eigenvalue weighted by molar-refractivity contribution is 0.334. The van der Waals surface area contributed by atoms with Crippen LogP contribution >= 0.6 is 0 Å². The zero-order valence-electron chi connectivity index (χ0n) is 24.4. The Hall–Kier alpha value is -2.82. The van der Waals surface area contributed by atoms with Gasteiger partial charge in [-0.05, 0) is 82.1 Å². The minimum Gasteiger partial charge on any atom is -0.371 e. The van der Waals surface area contributed by atoms with E-state index >= 15 is 0 Å². The van der Waals surface area contributed by atoms with E-state index in [1.165, 1.54) is 61.9 Å². The van der Waals surface area contributed by atoms with Gasteiger partial charge in [0.2, 0.25) is 0 Å². The molecule has 0 aromatic heterocycles. The number of benzene rings is 3. The number of hydrogen-bond donors (Lipinski definition) is 1. The molecule has 4 nitrogen and oxygen atoms in total. The molecule has 0 bridgehead atoms. The van der Waals surface area contributed by atoms with Crippen LogP contribution < -0.4 is 15.5 Å². The lowest BCUT2D eigenvalue weighted by Crippen LogP contribution is -2.30. The predicted molar refractivity (Wildman–Crippen MR) is 171 cm³/mol. The van der Waals surface area contributed by atoms with Gasteiger partial charge in [0.25, 0.3) is 0 Å². The van der Waals surface area contributed by atoms with Crippen molar-refractivity contribution in [1.82, 2.24) is 4.90 Å². The molecule has 0 atom stereocenters. The molecule has 0 aliphatic carbocycles. The van der Waals surface area contributed by atoms with Crippen molar-refractivity contribution in [1.29, 1.82) is 0 Å². The van der Waals surface area contributed by atoms with Crippen molar-refractivity contribution in [2.24, 2.45) is 5.73 Å². The fraction of sp³-hybridized carbons (Fsp3) is 0.486. The zero-order chi connectivity index (χ0) is 27.4. The first-order chi connectivity index (χ1) is 19.3. The first-order valence-corrected chi connectivity index (χ1v) is 15.3. The monoisotopic (exact) mass is 528 g/mol. The van der Waals surface area contributed by atoms with Crippen molar-refractivity contribution in [2.45, 2.75) is 57.8 Å². The Kier molecular flexibility index (Phi) is 15.2. The van der Waals surface area contributed by atoms with Gasteiger partial charge in [-0.15, -0.1) is 0 Å². The number of unbranched alkanes of at least 4 members (excludes halogenated alkanes) is 5. The van der Waals surface area contributed by atoms with E-state index in [4.69, 9.17) is 5.73 Å². The van der Waals surface area contributed by atoms with Gasteiger partial charge < -0.3 is 20.4 Å². The van der Waals surface area contributed by atoms with E-state index in [1.54, 1.807) is 0 Å². The molecule has 3 aromatic rings. The summed E-state index contributed by atoms with van der Waals surface area (Å²) in [5.41, 5.74) is 9.89. The van der Waals surface area contributed by atoms with Crippen LogP contribution in [-0.4, -0.2) is 57.8 Å². The third-order valence-corrected chi connectivity index (χ3v) is 7.57. The summed E-state index contributed by atoms with van der Waals surface area (Å²) in [6, 6.07) is 32.6. The molecular formula is C35H52N4. The highest BCUT2D eigenvalue weighted by Gasteiger charge is 2.08. The molecular weight excluding hydrogens is 476 g/mol. The second-order valence-electron chi connectivity index (χ2n) is 10.8. The number of nitrogens with zero attached hydrogens (tertiary/aromatic N) is 3. The molecule has 0 spiro atoms. The average molecular weight is 529 g/mol. The van der Waals surface area contributed by atoms with Crippen LogP contribution in [0.3, 0.4) is 0 Å².